The average Bonchev–Trinajstić information content (AvgIpc) is 3.10. The van der Waals surface area contributed by atoms with Gasteiger partial charge in [-0.2, -0.15) is 0 Å². The number of ether oxygens (including phenoxy) is 2. The summed E-state index contributed by atoms with van der Waals surface area (Å²) in [5.74, 6) is -0.681. The molecule has 0 amide bonds. The van der Waals surface area contributed by atoms with E-state index in [-0.39, 0.29) is 23.5 Å². The highest BCUT2D eigenvalue weighted by atomic mass is 32.1. The number of esters is 1. The van der Waals surface area contributed by atoms with Gasteiger partial charge in [-0.25, -0.2) is 14.2 Å². The number of hydrogen-bond acceptors (Lipinski definition) is 7. The third kappa shape index (κ3) is 4.38. The van der Waals surface area contributed by atoms with Crippen LogP contribution in [0.4, 0.5) is 4.39 Å². The third-order valence-electron chi connectivity index (χ3n) is 5.28. The lowest BCUT2D eigenvalue weighted by Crippen LogP contribution is -2.39. The molecule has 2 aromatic carbocycles. The summed E-state index contributed by atoms with van der Waals surface area (Å²) in [5, 5.41) is 9.96. The number of thiazole rings is 1. The number of hydrogen-bond donors (Lipinski definition) is 1. The summed E-state index contributed by atoms with van der Waals surface area (Å²) in [7, 11) is 0. The number of fused-ring (bicyclic) bond motifs is 1. The van der Waals surface area contributed by atoms with E-state index >= 15 is 0 Å². The number of benzene rings is 2. The molecule has 34 heavy (non-hydrogen) atoms. The molecule has 9 heteroatoms. The topological polar surface area (TPSA) is 90.1 Å². The molecule has 0 saturated heterocycles. The zero-order valence-corrected chi connectivity index (χ0v) is 19.7. The van der Waals surface area contributed by atoms with Crippen molar-refractivity contribution in [3.05, 3.63) is 90.4 Å². The van der Waals surface area contributed by atoms with E-state index in [4.69, 9.17) is 9.47 Å². The second-order valence-corrected chi connectivity index (χ2v) is 8.52. The summed E-state index contributed by atoms with van der Waals surface area (Å²) in [6.45, 7) is 5.74. The highest BCUT2D eigenvalue weighted by molar-refractivity contribution is 7.07. The lowest BCUT2D eigenvalue weighted by atomic mass is 9.96. The number of halogens is 1. The molecule has 0 spiro atoms. The van der Waals surface area contributed by atoms with E-state index in [1.54, 1.807) is 44.2 Å². The summed E-state index contributed by atoms with van der Waals surface area (Å²) in [4.78, 5) is 31.3. The molecule has 1 aromatic heterocycles. The standard InChI is InChI=1S/C25H23FN2O5S/c1-4-32-19-12-15(6-11-18(19)29)13-20-23(30)28-22(16-7-9-17(26)10-8-16)21(24(31)33-5-2)14(3)27-25(28)34-20/h6-13,22,29H,4-5H2,1-3H3/b20-13+. The summed E-state index contributed by atoms with van der Waals surface area (Å²) < 4.78 is 26.1. The first-order chi connectivity index (χ1) is 16.3. The molecule has 1 aliphatic heterocycles. The molecule has 0 bridgehead atoms. The summed E-state index contributed by atoms with van der Waals surface area (Å²) in [6.07, 6.45) is 1.68. The average molecular weight is 483 g/mol. The summed E-state index contributed by atoms with van der Waals surface area (Å²) in [5.41, 5.74) is 1.54. The van der Waals surface area contributed by atoms with Crippen molar-refractivity contribution in [1.82, 2.24) is 4.57 Å². The van der Waals surface area contributed by atoms with Crippen molar-refractivity contribution in [2.45, 2.75) is 26.8 Å². The van der Waals surface area contributed by atoms with Crippen molar-refractivity contribution in [1.29, 1.82) is 0 Å². The smallest absolute Gasteiger partial charge is 0.338 e. The Morgan fingerprint density at radius 3 is 2.62 bits per heavy atom. The number of aromatic nitrogens is 1. The fourth-order valence-electron chi connectivity index (χ4n) is 3.79. The summed E-state index contributed by atoms with van der Waals surface area (Å²) >= 11 is 1.18. The molecular formula is C25H23FN2O5S. The van der Waals surface area contributed by atoms with Crippen LogP contribution in [0.1, 0.15) is 37.9 Å². The Labute approximate surface area is 198 Å². The highest BCUT2D eigenvalue weighted by Gasteiger charge is 2.33. The van der Waals surface area contributed by atoms with E-state index in [9.17, 15) is 19.1 Å². The molecular weight excluding hydrogens is 459 g/mol. The van der Waals surface area contributed by atoms with Crippen molar-refractivity contribution >= 4 is 23.4 Å². The van der Waals surface area contributed by atoms with Crippen LogP contribution < -0.4 is 19.6 Å². The Hall–Kier alpha value is -3.72. The molecule has 0 fully saturated rings. The van der Waals surface area contributed by atoms with E-state index in [1.807, 2.05) is 6.92 Å². The minimum Gasteiger partial charge on any atom is -0.504 e. The van der Waals surface area contributed by atoms with Crippen molar-refractivity contribution < 1.29 is 23.8 Å². The molecule has 1 unspecified atom stereocenters. The van der Waals surface area contributed by atoms with Gasteiger partial charge in [-0.15, -0.1) is 0 Å². The van der Waals surface area contributed by atoms with E-state index < -0.39 is 17.8 Å². The van der Waals surface area contributed by atoms with Gasteiger partial charge in [-0.3, -0.25) is 9.36 Å². The molecule has 2 heterocycles. The second-order valence-electron chi connectivity index (χ2n) is 7.51. The summed E-state index contributed by atoms with van der Waals surface area (Å²) in [6, 6.07) is 9.67. The van der Waals surface area contributed by atoms with Gasteiger partial charge >= 0.3 is 5.97 Å². The predicted octanol–water partition coefficient (Wildman–Crippen LogP) is 3.04. The normalized spacial score (nSPS) is 15.6. The molecule has 0 saturated carbocycles. The van der Waals surface area contributed by atoms with E-state index in [2.05, 4.69) is 4.99 Å². The Balaban J connectivity index is 1.91. The first kappa shape index (κ1) is 23.4. The lowest BCUT2D eigenvalue weighted by Gasteiger charge is -2.24. The lowest BCUT2D eigenvalue weighted by molar-refractivity contribution is -0.139. The maximum absolute atomic E-state index is 13.6. The zero-order chi connectivity index (χ0) is 24.4. The Morgan fingerprint density at radius 2 is 1.94 bits per heavy atom. The van der Waals surface area contributed by atoms with Gasteiger partial charge in [0.1, 0.15) is 5.82 Å². The van der Waals surface area contributed by atoms with Gasteiger partial charge in [0.2, 0.25) is 0 Å². The number of phenolic OH excluding ortho intramolecular Hbond substituents is 1. The number of aromatic hydroxyl groups is 1. The fourth-order valence-corrected chi connectivity index (χ4v) is 4.84. The van der Waals surface area contributed by atoms with Crippen LogP contribution in [-0.4, -0.2) is 28.9 Å². The van der Waals surface area contributed by atoms with Gasteiger partial charge in [0, 0.05) is 0 Å². The van der Waals surface area contributed by atoms with Crippen LogP contribution in [0, 0.1) is 5.82 Å². The maximum atomic E-state index is 13.6. The second kappa shape index (κ2) is 9.64. The van der Waals surface area contributed by atoms with Crippen LogP contribution in [0.15, 0.2) is 63.5 Å². The van der Waals surface area contributed by atoms with Crippen molar-refractivity contribution in [3.63, 3.8) is 0 Å². The van der Waals surface area contributed by atoms with Crippen LogP contribution in [0.3, 0.4) is 0 Å². The van der Waals surface area contributed by atoms with Crippen LogP contribution in [0.2, 0.25) is 0 Å². The molecule has 7 nitrogen and oxygen atoms in total. The maximum Gasteiger partial charge on any atom is 0.338 e. The van der Waals surface area contributed by atoms with Gasteiger partial charge < -0.3 is 14.6 Å². The minimum absolute atomic E-state index is 0.00599. The first-order valence-electron chi connectivity index (χ1n) is 10.7. The van der Waals surface area contributed by atoms with E-state index in [1.165, 1.54) is 34.1 Å². The van der Waals surface area contributed by atoms with Crippen LogP contribution in [0.5, 0.6) is 11.5 Å². The zero-order valence-electron chi connectivity index (χ0n) is 18.9. The van der Waals surface area contributed by atoms with Gasteiger partial charge in [0.25, 0.3) is 5.56 Å². The number of allylic oxidation sites excluding steroid dienone is 1. The highest BCUT2D eigenvalue weighted by Crippen LogP contribution is 2.31. The molecule has 4 rings (SSSR count). The predicted molar refractivity (Wildman–Crippen MR) is 126 cm³/mol. The third-order valence-corrected chi connectivity index (χ3v) is 6.27. The Morgan fingerprint density at radius 1 is 1.21 bits per heavy atom. The number of carbonyl (C=O) groups is 1. The first-order valence-corrected chi connectivity index (χ1v) is 11.6. The fraction of sp³-hybridized carbons (Fsp3) is 0.240. The molecule has 0 aliphatic carbocycles. The molecule has 1 atom stereocenters. The van der Waals surface area contributed by atoms with Gasteiger partial charge in [0.15, 0.2) is 16.3 Å². The molecule has 0 radical (unpaired) electrons. The van der Waals surface area contributed by atoms with Crippen LogP contribution >= 0.6 is 11.3 Å². The monoisotopic (exact) mass is 482 g/mol. The Kier molecular flexibility index (Phi) is 6.65. The van der Waals surface area contributed by atoms with Crippen LogP contribution in [-0.2, 0) is 9.53 Å². The van der Waals surface area contributed by atoms with Gasteiger partial charge in [-0.1, -0.05) is 29.5 Å². The minimum atomic E-state index is -0.808. The van der Waals surface area contributed by atoms with Crippen molar-refractivity contribution in [3.8, 4) is 11.5 Å². The van der Waals surface area contributed by atoms with Crippen LogP contribution in [0.25, 0.3) is 6.08 Å². The molecule has 3 aromatic rings. The molecule has 1 aliphatic rings. The quantitative estimate of drug-likeness (QED) is 0.546. The largest absolute Gasteiger partial charge is 0.504 e. The molecule has 176 valence electrons. The number of phenols is 1. The van der Waals surface area contributed by atoms with E-state index in [0.29, 0.717) is 38.5 Å². The van der Waals surface area contributed by atoms with Gasteiger partial charge in [-0.05, 0) is 62.2 Å². The van der Waals surface area contributed by atoms with Gasteiger partial charge in [0.05, 0.1) is 35.1 Å². The number of carbonyl (C=O) groups excluding carboxylic acids is 1. The Bertz CT molecular complexity index is 1450. The van der Waals surface area contributed by atoms with E-state index in [0.717, 1.165) is 0 Å². The van der Waals surface area contributed by atoms with Crippen molar-refractivity contribution in [2.24, 2.45) is 4.99 Å². The number of nitrogens with zero attached hydrogens (tertiary/aromatic N) is 2. The molecule has 1 N–H and O–H groups in total. The SMILES string of the molecule is CCOC(=O)C1=C(C)N=c2s/c(=C/c3ccc(O)c(OCC)c3)c(=O)n2C1c1ccc(F)cc1. The number of rotatable bonds is 6. The van der Waals surface area contributed by atoms with Crippen molar-refractivity contribution in [2.75, 3.05) is 13.2 Å².